The summed E-state index contributed by atoms with van der Waals surface area (Å²) in [6, 6.07) is 15.5. The van der Waals surface area contributed by atoms with Crippen LogP contribution in [0, 0.1) is 13.8 Å². The Bertz CT molecular complexity index is 1390. The zero-order chi connectivity index (χ0) is 22.2. The van der Waals surface area contributed by atoms with E-state index < -0.39 is 10.0 Å². The Morgan fingerprint density at radius 3 is 2.45 bits per heavy atom. The highest BCUT2D eigenvalue weighted by Crippen LogP contribution is 2.25. The van der Waals surface area contributed by atoms with Gasteiger partial charge in [0, 0.05) is 28.6 Å². The minimum atomic E-state index is -3.85. The van der Waals surface area contributed by atoms with E-state index in [1.54, 1.807) is 18.2 Å². The van der Waals surface area contributed by atoms with E-state index in [-0.39, 0.29) is 23.5 Å². The minimum absolute atomic E-state index is 0.0406. The number of H-pyrrole nitrogens is 1. The number of aromatic nitrogens is 1. The zero-order valence-electron chi connectivity index (χ0n) is 17.1. The fourth-order valence-corrected chi connectivity index (χ4v) is 5.76. The van der Waals surface area contributed by atoms with Gasteiger partial charge in [0.05, 0.1) is 10.4 Å². The third kappa shape index (κ3) is 4.45. The summed E-state index contributed by atoms with van der Waals surface area (Å²) in [7, 11) is -3.85. The maximum absolute atomic E-state index is 13.4. The second kappa shape index (κ2) is 8.59. The monoisotopic (exact) mass is 472 g/mol. The maximum Gasteiger partial charge on any atom is 0.252 e. The van der Waals surface area contributed by atoms with Gasteiger partial charge in [0.2, 0.25) is 10.0 Å². The molecule has 0 bridgehead atoms. The molecule has 4 rings (SSSR count). The van der Waals surface area contributed by atoms with Crippen molar-refractivity contribution in [3.8, 4) is 0 Å². The Hall–Kier alpha value is -2.45. The van der Waals surface area contributed by atoms with E-state index in [1.165, 1.54) is 27.8 Å². The van der Waals surface area contributed by atoms with Crippen molar-refractivity contribution < 1.29 is 8.42 Å². The standard InChI is InChI=1S/C23H21ClN2O3S2/c1-15-5-6-17-12-18(23(27)25-22(17)16(15)2)13-26(14-20-4-3-11-30-20)31(28,29)21-9-7-19(24)8-10-21/h3-12H,13-14H2,1-2H3,(H,25,27). The number of fused-ring (bicyclic) bond motifs is 1. The van der Waals surface area contributed by atoms with Crippen LogP contribution in [0.3, 0.4) is 0 Å². The fourth-order valence-electron chi connectivity index (χ4n) is 3.44. The molecular formula is C23H21ClN2O3S2. The van der Waals surface area contributed by atoms with Crippen molar-refractivity contribution in [1.82, 2.24) is 9.29 Å². The zero-order valence-corrected chi connectivity index (χ0v) is 19.4. The number of thiophene rings is 1. The van der Waals surface area contributed by atoms with Crippen LogP contribution in [0.2, 0.25) is 5.02 Å². The number of hydrogen-bond donors (Lipinski definition) is 1. The van der Waals surface area contributed by atoms with E-state index in [2.05, 4.69) is 4.98 Å². The fraction of sp³-hybridized carbons (Fsp3) is 0.174. The second-order valence-electron chi connectivity index (χ2n) is 7.40. The summed E-state index contributed by atoms with van der Waals surface area (Å²) in [6.45, 7) is 4.08. The van der Waals surface area contributed by atoms with Gasteiger partial charge in [-0.05, 0) is 72.1 Å². The van der Waals surface area contributed by atoms with Gasteiger partial charge in [0.15, 0.2) is 0 Å². The van der Waals surface area contributed by atoms with Gasteiger partial charge in [-0.15, -0.1) is 11.3 Å². The van der Waals surface area contributed by atoms with E-state index >= 15 is 0 Å². The molecule has 8 heteroatoms. The molecule has 4 aromatic rings. The molecule has 0 unspecified atom stereocenters. The molecule has 160 valence electrons. The average Bonchev–Trinajstić information content (AvgIpc) is 3.25. The average molecular weight is 473 g/mol. The molecule has 0 aliphatic carbocycles. The smallest absolute Gasteiger partial charge is 0.252 e. The number of aromatic amines is 1. The van der Waals surface area contributed by atoms with Gasteiger partial charge in [-0.1, -0.05) is 29.8 Å². The number of rotatable bonds is 6. The van der Waals surface area contributed by atoms with Gasteiger partial charge in [0.1, 0.15) is 0 Å². The maximum atomic E-state index is 13.4. The number of nitrogens with zero attached hydrogens (tertiary/aromatic N) is 1. The molecule has 0 aliphatic rings. The summed E-state index contributed by atoms with van der Waals surface area (Å²) in [5, 5.41) is 3.23. The van der Waals surface area contributed by atoms with Crippen LogP contribution in [0.5, 0.6) is 0 Å². The molecule has 31 heavy (non-hydrogen) atoms. The van der Waals surface area contributed by atoms with Gasteiger partial charge in [-0.3, -0.25) is 4.79 Å². The van der Waals surface area contributed by atoms with Crippen LogP contribution in [0.25, 0.3) is 10.9 Å². The van der Waals surface area contributed by atoms with Gasteiger partial charge >= 0.3 is 0 Å². The predicted octanol–water partition coefficient (Wildman–Crippen LogP) is 5.25. The Kier molecular flexibility index (Phi) is 6.03. The van der Waals surface area contributed by atoms with Crippen molar-refractivity contribution in [1.29, 1.82) is 0 Å². The summed E-state index contributed by atoms with van der Waals surface area (Å²) >= 11 is 7.41. The number of pyridine rings is 1. The lowest BCUT2D eigenvalue weighted by atomic mass is 10.0. The summed E-state index contributed by atoms with van der Waals surface area (Å²) < 4.78 is 28.2. The van der Waals surface area contributed by atoms with Crippen LogP contribution in [-0.4, -0.2) is 17.7 Å². The predicted molar refractivity (Wildman–Crippen MR) is 126 cm³/mol. The number of hydrogen-bond acceptors (Lipinski definition) is 4. The number of sulfonamides is 1. The van der Waals surface area contributed by atoms with Gasteiger partial charge in [0.25, 0.3) is 5.56 Å². The van der Waals surface area contributed by atoms with Gasteiger partial charge in [-0.25, -0.2) is 8.42 Å². The topological polar surface area (TPSA) is 70.2 Å². The summed E-state index contributed by atoms with van der Waals surface area (Å²) in [5.41, 5.74) is 2.97. The van der Waals surface area contributed by atoms with Crippen molar-refractivity contribution in [3.63, 3.8) is 0 Å². The molecule has 0 radical (unpaired) electrons. The van der Waals surface area contributed by atoms with Crippen molar-refractivity contribution in [3.05, 3.63) is 96.9 Å². The first kappa shape index (κ1) is 21.8. The van der Waals surface area contributed by atoms with Crippen molar-refractivity contribution in [2.24, 2.45) is 0 Å². The van der Waals surface area contributed by atoms with Crippen LogP contribution >= 0.6 is 22.9 Å². The number of benzene rings is 2. The van der Waals surface area contributed by atoms with E-state index in [0.29, 0.717) is 10.6 Å². The highest BCUT2D eigenvalue weighted by atomic mass is 35.5. The van der Waals surface area contributed by atoms with E-state index in [9.17, 15) is 13.2 Å². The van der Waals surface area contributed by atoms with E-state index in [4.69, 9.17) is 11.6 Å². The molecule has 0 amide bonds. The third-order valence-corrected chi connectivity index (χ3v) is 8.26. The third-order valence-electron chi connectivity index (χ3n) is 5.34. The lowest BCUT2D eigenvalue weighted by Gasteiger charge is -2.22. The number of halogens is 1. The SMILES string of the molecule is Cc1ccc2cc(CN(Cc3cccs3)S(=O)(=O)c3ccc(Cl)cc3)c(=O)[nH]c2c1C. The molecule has 0 atom stereocenters. The number of aryl methyl sites for hydroxylation is 2. The van der Waals surface area contributed by atoms with E-state index in [0.717, 1.165) is 26.9 Å². The minimum Gasteiger partial charge on any atom is -0.321 e. The van der Waals surface area contributed by atoms with Crippen LogP contribution in [0.1, 0.15) is 21.6 Å². The molecular weight excluding hydrogens is 452 g/mol. The van der Waals surface area contributed by atoms with Gasteiger partial charge < -0.3 is 4.98 Å². The molecule has 0 spiro atoms. The van der Waals surface area contributed by atoms with Crippen molar-refractivity contribution in [2.45, 2.75) is 31.8 Å². The second-order valence-corrected chi connectivity index (χ2v) is 10.8. The van der Waals surface area contributed by atoms with Crippen LogP contribution in [-0.2, 0) is 23.1 Å². The first-order chi connectivity index (χ1) is 14.8. The molecule has 2 heterocycles. The normalized spacial score (nSPS) is 12.0. The lowest BCUT2D eigenvalue weighted by Crippen LogP contribution is -2.32. The largest absolute Gasteiger partial charge is 0.321 e. The molecule has 2 aromatic carbocycles. The molecule has 0 saturated carbocycles. The van der Waals surface area contributed by atoms with Crippen molar-refractivity contribution in [2.75, 3.05) is 0 Å². The summed E-state index contributed by atoms with van der Waals surface area (Å²) in [6.07, 6.45) is 0. The molecule has 0 saturated heterocycles. The lowest BCUT2D eigenvalue weighted by molar-refractivity contribution is 0.402. The molecule has 0 aliphatic heterocycles. The Morgan fingerprint density at radius 1 is 1.03 bits per heavy atom. The van der Waals surface area contributed by atoms with Gasteiger partial charge in [-0.2, -0.15) is 4.31 Å². The van der Waals surface area contributed by atoms with Crippen LogP contribution in [0.15, 0.2) is 69.7 Å². The molecule has 5 nitrogen and oxygen atoms in total. The molecule has 2 aromatic heterocycles. The summed E-state index contributed by atoms with van der Waals surface area (Å²) in [4.78, 5) is 16.8. The highest BCUT2D eigenvalue weighted by Gasteiger charge is 2.26. The molecule has 0 fully saturated rings. The highest BCUT2D eigenvalue weighted by molar-refractivity contribution is 7.89. The first-order valence-electron chi connectivity index (χ1n) is 9.66. The first-order valence-corrected chi connectivity index (χ1v) is 12.4. The Morgan fingerprint density at radius 2 is 1.77 bits per heavy atom. The van der Waals surface area contributed by atoms with Crippen LogP contribution in [0.4, 0.5) is 0 Å². The Labute approximate surface area is 190 Å². The van der Waals surface area contributed by atoms with Crippen LogP contribution < -0.4 is 5.56 Å². The molecule has 1 N–H and O–H groups in total. The van der Waals surface area contributed by atoms with E-state index in [1.807, 2.05) is 43.5 Å². The Balaban J connectivity index is 1.78. The summed E-state index contributed by atoms with van der Waals surface area (Å²) in [5.74, 6) is 0. The van der Waals surface area contributed by atoms with Crippen molar-refractivity contribution >= 4 is 43.9 Å². The quantitative estimate of drug-likeness (QED) is 0.416. The number of nitrogens with one attached hydrogen (secondary N) is 1.